The Morgan fingerprint density at radius 2 is 1.27 bits per heavy atom. The monoisotopic (exact) mass is 278 g/mol. The highest BCUT2D eigenvalue weighted by molar-refractivity contribution is 9.09. The summed E-state index contributed by atoms with van der Waals surface area (Å²) >= 11 is 3.44. The van der Waals surface area contributed by atoms with E-state index in [2.05, 4.69) is 22.9 Å². The number of hydrogen-bond acceptors (Lipinski definition) is 1. The van der Waals surface area contributed by atoms with Crippen LogP contribution in [0.3, 0.4) is 0 Å². The van der Waals surface area contributed by atoms with Crippen LogP contribution in [0.25, 0.3) is 0 Å². The van der Waals surface area contributed by atoms with Gasteiger partial charge in [0, 0.05) is 18.5 Å². The van der Waals surface area contributed by atoms with Crippen LogP contribution < -0.4 is 0 Å². The molecule has 0 heterocycles. The lowest BCUT2D eigenvalue weighted by atomic mass is 10.2. The highest BCUT2D eigenvalue weighted by Crippen LogP contribution is 2.04. The molecule has 0 rings (SSSR count). The maximum absolute atomic E-state index is 5.58. The zero-order chi connectivity index (χ0) is 11.2. The Balaban J connectivity index is 2.81. The molecule has 0 unspecified atom stereocenters. The summed E-state index contributed by atoms with van der Waals surface area (Å²) in [6.07, 6.45) is 11.9. The van der Waals surface area contributed by atoms with Crippen LogP contribution >= 0.6 is 15.9 Å². The average molecular weight is 279 g/mol. The van der Waals surface area contributed by atoms with Gasteiger partial charge in [-0.2, -0.15) is 0 Å². The van der Waals surface area contributed by atoms with Crippen LogP contribution in [0.4, 0.5) is 0 Å². The van der Waals surface area contributed by atoms with Gasteiger partial charge in [-0.3, -0.25) is 0 Å². The van der Waals surface area contributed by atoms with Gasteiger partial charge in [0.2, 0.25) is 0 Å². The first-order chi connectivity index (χ1) is 7.41. The second kappa shape index (κ2) is 14.4. The van der Waals surface area contributed by atoms with E-state index < -0.39 is 0 Å². The number of halogens is 1. The fraction of sp³-hybridized carbons (Fsp3) is 1.00. The Morgan fingerprint density at radius 3 is 1.80 bits per heavy atom. The van der Waals surface area contributed by atoms with Gasteiger partial charge in [0.1, 0.15) is 0 Å². The molecule has 0 spiro atoms. The third kappa shape index (κ3) is 14.4. The van der Waals surface area contributed by atoms with Gasteiger partial charge in [0.05, 0.1) is 0 Å². The largest absolute Gasteiger partial charge is 0.381 e. The van der Waals surface area contributed by atoms with Crippen LogP contribution in [0, 0.1) is 0 Å². The predicted molar refractivity (Wildman–Crippen MR) is 71.8 cm³/mol. The second-order valence-electron chi connectivity index (χ2n) is 4.13. The van der Waals surface area contributed by atoms with Crippen molar-refractivity contribution in [3.63, 3.8) is 0 Å². The van der Waals surface area contributed by atoms with E-state index in [0.29, 0.717) is 0 Å². The number of alkyl halides is 1. The zero-order valence-corrected chi connectivity index (χ0v) is 11.9. The highest BCUT2D eigenvalue weighted by atomic mass is 79.9. The molecule has 0 bridgehead atoms. The van der Waals surface area contributed by atoms with Gasteiger partial charge < -0.3 is 4.74 Å². The molecule has 0 aliphatic heterocycles. The van der Waals surface area contributed by atoms with Crippen molar-refractivity contribution in [1.29, 1.82) is 0 Å². The quantitative estimate of drug-likeness (QED) is 0.363. The lowest BCUT2D eigenvalue weighted by Crippen LogP contribution is -1.97. The Hall–Kier alpha value is 0.440. The van der Waals surface area contributed by atoms with Crippen molar-refractivity contribution in [3.05, 3.63) is 0 Å². The molecule has 1 nitrogen and oxygen atoms in total. The third-order valence-electron chi connectivity index (χ3n) is 2.56. The van der Waals surface area contributed by atoms with Crippen LogP contribution in [-0.4, -0.2) is 18.5 Å². The van der Waals surface area contributed by atoms with Crippen molar-refractivity contribution in [2.24, 2.45) is 0 Å². The topological polar surface area (TPSA) is 9.23 Å². The highest BCUT2D eigenvalue weighted by Gasteiger charge is 1.91. The minimum atomic E-state index is 0.968. The summed E-state index contributed by atoms with van der Waals surface area (Å²) in [6.45, 7) is 4.20. The summed E-state index contributed by atoms with van der Waals surface area (Å²) in [4.78, 5) is 0. The molecule has 0 atom stereocenters. The Bertz CT molecular complexity index is 94.7. The van der Waals surface area contributed by atoms with Crippen LogP contribution in [0.15, 0.2) is 0 Å². The Labute approximate surface area is 104 Å². The molecular formula is C13H27BrO. The molecule has 2 heteroatoms. The maximum atomic E-state index is 5.58. The molecule has 15 heavy (non-hydrogen) atoms. The third-order valence-corrected chi connectivity index (χ3v) is 3.13. The van der Waals surface area contributed by atoms with Gasteiger partial charge in [0.25, 0.3) is 0 Å². The lowest BCUT2D eigenvalue weighted by Gasteiger charge is -2.03. The molecule has 0 saturated heterocycles. The summed E-state index contributed by atoms with van der Waals surface area (Å²) in [5.41, 5.74) is 0. The Morgan fingerprint density at radius 1 is 0.733 bits per heavy atom. The van der Waals surface area contributed by atoms with Crippen LogP contribution in [-0.2, 0) is 4.74 Å². The van der Waals surface area contributed by atoms with Gasteiger partial charge in [-0.05, 0) is 19.3 Å². The van der Waals surface area contributed by atoms with Gasteiger partial charge in [-0.15, -0.1) is 0 Å². The molecule has 0 fully saturated rings. The molecule has 0 amide bonds. The van der Waals surface area contributed by atoms with Gasteiger partial charge in [-0.25, -0.2) is 0 Å². The molecule has 0 radical (unpaired) electrons. The summed E-state index contributed by atoms with van der Waals surface area (Å²) in [5.74, 6) is 0. The summed E-state index contributed by atoms with van der Waals surface area (Å²) in [7, 11) is 0. The average Bonchev–Trinajstić information content (AvgIpc) is 2.26. The van der Waals surface area contributed by atoms with E-state index in [9.17, 15) is 0 Å². The van der Waals surface area contributed by atoms with E-state index in [1.54, 1.807) is 0 Å². The van der Waals surface area contributed by atoms with Gasteiger partial charge >= 0.3 is 0 Å². The van der Waals surface area contributed by atoms with E-state index >= 15 is 0 Å². The van der Waals surface area contributed by atoms with Gasteiger partial charge in [-0.1, -0.05) is 61.4 Å². The smallest absolute Gasteiger partial charge is 0.0466 e. The normalized spacial score (nSPS) is 10.8. The molecule has 0 saturated carbocycles. The fourth-order valence-corrected chi connectivity index (χ4v) is 1.96. The van der Waals surface area contributed by atoms with Crippen molar-refractivity contribution in [2.75, 3.05) is 18.5 Å². The molecule has 0 aliphatic rings. The Kier molecular flexibility index (Phi) is 14.9. The summed E-state index contributed by atoms with van der Waals surface area (Å²) in [6, 6.07) is 0. The summed E-state index contributed by atoms with van der Waals surface area (Å²) < 4.78 is 5.58. The summed E-state index contributed by atoms with van der Waals surface area (Å²) in [5, 5.41) is 1.14. The first-order valence-corrected chi connectivity index (χ1v) is 7.67. The van der Waals surface area contributed by atoms with Crippen LogP contribution in [0.2, 0.25) is 0 Å². The van der Waals surface area contributed by atoms with Crippen molar-refractivity contribution in [2.45, 2.75) is 64.7 Å². The van der Waals surface area contributed by atoms with E-state index in [1.165, 1.54) is 57.8 Å². The predicted octanol–water partition coefficient (Wildman–Crippen LogP) is 4.93. The number of ether oxygens (including phenoxy) is 1. The molecule has 0 N–H and O–H groups in total. The number of unbranched alkanes of at least 4 members (excludes halogenated alkanes) is 7. The van der Waals surface area contributed by atoms with Gasteiger partial charge in [0.15, 0.2) is 0 Å². The van der Waals surface area contributed by atoms with Crippen molar-refractivity contribution in [1.82, 2.24) is 0 Å². The molecular weight excluding hydrogens is 252 g/mol. The molecule has 0 aromatic heterocycles. The SMILES string of the molecule is CCCCCCCOCCCCCCBr. The maximum Gasteiger partial charge on any atom is 0.0466 e. The second-order valence-corrected chi connectivity index (χ2v) is 4.92. The van der Waals surface area contributed by atoms with E-state index in [-0.39, 0.29) is 0 Å². The van der Waals surface area contributed by atoms with Crippen molar-refractivity contribution < 1.29 is 4.74 Å². The van der Waals surface area contributed by atoms with E-state index in [4.69, 9.17) is 4.74 Å². The first-order valence-electron chi connectivity index (χ1n) is 6.55. The van der Waals surface area contributed by atoms with Crippen molar-refractivity contribution in [3.8, 4) is 0 Å². The molecule has 92 valence electrons. The lowest BCUT2D eigenvalue weighted by molar-refractivity contribution is 0.126. The molecule has 0 aromatic carbocycles. The minimum absolute atomic E-state index is 0.968. The minimum Gasteiger partial charge on any atom is -0.381 e. The van der Waals surface area contributed by atoms with Crippen LogP contribution in [0.1, 0.15) is 64.7 Å². The number of hydrogen-bond donors (Lipinski definition) is 0. The zero-order valence-electron chi connectivity index (χ0n) is 10.3. The molecule has 0 aromatic rings. The van der Waals surface area contributed by atoms with Crippen molar-refractivity contribution >= 4 is 15.9 Å². The number of rotatable bonds is 12. The fourth-order valence-electron chi connectivity index (χ4n) is 1.56. The standard InChI is InChI=1S/C13H27BrO/c1-2-3-4-6-9-12-15-13-10-7-5-8-11-14/h2-13H2,1H3. The molecule has 0 aliphatic carbocycles. The van der Waals surface area contributed by atoms with E-state index in [0.717, 1.165) is 18.5 Å². The van der Waals surface area contributed by atoms with E-state index in [1.807, 2.05) is 0 Å². The van der Waals surface area contributed by atoms with Crippen LogP contribution in [0.5, 0.6) is 0 Å². The first kappa shape index (κ1) is 15.4.